The van der Waals surface area contributed by atoms with E-state index in [9.17, 15) is 14.4 Å². The third kappa shape index (κ3) is 4.28. The summed E-state index contributed by atoms with van der Waals surface area (Å²) in [5, 5.41) is 6.68. The minimum atomic E-state index is -0.575. The summed E-state index contributed by atoms with van der Waals surface area (Å²) in [6.07, 6.45) is 3.21. The zero-order valence-corrected chi connectivity index (χ0v) is 18.6. The smallest absolute Gasteiger partial charge is 0.331 e. The molecule has 1 N–H and O–H groups in total. The summed E-state index contributed by atoms with van der Waals surface area (Å²) in [6.45, 7) is 5.91. The molecular weight excluding hydrogens is 410 g/mol. The molecule has 3 aromatic rings. The van der Waals surface area contributed by atoms with Crippen molar-refractivity contribution < 1.29 is 9.32 Å². The highest BCUT2D eigenvalue weighted by atomic mass is 16.5. The van der Waals surface area contributed by atoms with Crippen molar-refractivity contribution in [3.05, 3.63) is 62.3 Å². The zero-order valence-electron chi connectivity index (χ0n) is 18.6. The molecule has 168 valence electrons. The van der Waals surface area contributed by atoms with E-state index in [0.717, 1.165) is 29.4 Å². The lowest BCUT2D eigenvalue weighted by molar-refractivity contribution is -0.116. The number of carbonyl (C=O) groups is 1. The van der Waals surface area contributed by atoms with E-state index in [0.29, 0.717) is 36.2 Å². The van der Waals surface area contributed by atoms with E-state index in [1.807, 2.05) is 24.3 Å². The first-order valence-electron chi connectivity index (χ1n) is 10.9. The van der Waals surface area contributed by atoms with E-state index < -0.39 is 23.7 Å². The lowest BCUT2D eigenvalue weighted by Crippen LogP contribution is -2.44. The molecule has 1 amide bonds. The van der Waals surface area contributed by atoms with Crippen molar-refractivity contribution in [3.63, 3.8) is 0 Å². The lowest BCUT2D eigenvalue weighted by atomic mass is 10.0. The highest BCUT2D eigenvalue weighted by Gasteiger charge is 2.25. The number of fused-ring (bicyclic) bond motifs is 1. The van der Waals surface area contributed by atoms with Gasteiger partial charge in [-0.05, 0) is 42.9 Å². The molecule has 0 bridgehead atoms. The molecule has 4 rings (SSSR count). The van der Waals surface area contributed by atoms with E-state index >= 15 is 0 Å². The number of benzene rings is 1. The molecule has 9 nitrogen and oxygen atoms in total. The van der Waals surface area contributed by atoms with Gasteiger partial charge in [-0.25, -0.2) is 4.79 Å². The normalized spacial score (nSPS) is 13.6. The first kappa shape index (κ1) is 21.7. The molecule has 0 spiro atoms. The van der Waals surface area contributed by atoms with E-state index in [4.69, 9.17) is 4.52 Å². The van der Waals surface area contributed by atoms with Gasteiger partial charge in [0.05, 0.1) is 0 Å². The summed E-state index contributed by atoms with van der Waals surface area (Å²) in [6, 6.07) is 7.52. The number of hydrogen-bond acceptors (Lipinski definition) is 6. The Balaban J connectivity index is 1.70. The topological polar surface area (TPSA) is 112 Å². The number of anilines is 1. The second kappa shape index (κ2) is 8.94. The summed E-state index contributed by atoms with van der Waals surface area (Å²) in [4.78, 5) is 43.4. The van der Waals surface area contributed by atoms with Crippen LogP contribution in [0.25, 0.3) is 11.4 Å². The van der Waals surface area contributed by atoms with Gasteiger partial charge in [0.25, 0.3) is 5.56 Å². The first-order chi connectivity index (χ1) is 15.3. The molecule has 9 heteroatoms. The highest BCUT2D eigenvalue weighted by Crippen LogP contribution is 2.21. The van der Waals surface area contributed by atoms with Crippen molar-refractivity contribution in [1.82, 2.24) is 19.3 Å². The van der Waals surface area contributed by atoms with Crippen LogP contribution < -0.4 is 16.6 Å². The van der Waals surface area contributed by atoms with Gasteiger partial charge in [0.2, 0.25) is 17.6 Å². The number of aromatic nitrogens is 4. The highest BCUT2D eigenvalue weighted by molar-refractivity contribution is 5.90. The second-order valence-corrected chi connectivity index (χ2v) is 8.42. The Morgan fingerprint density at radius 3 is 2.56 bits per heavy atom. The van der Waals surface area contributed by atoms with Gasteiger partial charge in [-0.15, -0.1) is 0 Å². The number of nitrogens with zero attached hydrogens (tertiary/aromatic N) is 4. The summed E-state index contributed by atoms with van der Waals surface area (Å²) in [5.74, 6) is 0.403. The molecular formula is C23H27N5O4. The van der Waals surface area contributed by atoms with Crippen LogP contribution in [0, 0.1) is 6.92 Å². The monoisotopic (exact) mass is 437 g/mol. The Morgan fingerprint density at radius 2 is 1.91 bits per heavy atom. The third-order valence-electron chi connectivity index (χ3n) is 5.74. The first-order valence-corrected chi connectivity index (χ1v) is 10.9. The lowest BCUT2D eigenvalue weighted by Gasteiger charge is -2.16. The predicted octanol–water partition coefficient (Wildman–Crippen LogP) is 2.86. The molecule has 0 atom stereocenters. The molecule has 0 fully saturated rings. The quantitative estimate of drug-likeness (QED) is 0.657. The van der Waals surface area contributed by atoms with Gasteiger partial charge >= 0.3 is 5.69 Å². The molecule has 32 heavy (non-hydrogen) atoms. The standard InChI is InChI=1S/C23H27N5O4/c1-14(2)16-8-10-17(11-9-16)25-19(29)13-28-22(30)20(21-24-15(3)32-26-21)18-7-5-4-6-12-27(18)23(28)31/h8-11,14H,4-7,12-13H2,1-3H3,(H,25,29). The molecule has 0 saturated heterocycles. The molecule has 1 aromatic carbocycles. The summed E-state index contributed by atoms with van der Waals surface area (Å²) >= 11 is 0. The van der Waals surface area contributed by atoms with Crippen molar-refractivity contribution in [2.24, 2.45) is 0 Å². The van der Waals surface area contributed by atoms with Crippen molar-refractivity contribution in [3.8, 4) is 11.4 Å². The number of hydrogen-bond donors (Lipinski definition) is 1. The number of nitrogens with one attached hydrogen (secondary N) is 1. The van der Waals surface area contributed by atoms with Crippen molar-refractivity contribution in [2.45, 2.75) is 65.5 Å². The Kier molecular flexibility index (Phi) is 6.07. The fourth-order valence-electron chi connectivity index (χ4n) is 4.03. The third-order valence-corrected chi connectivity index (χ3v) is 5.74. The minimum Gasteiger partial charge on any atom is -0.339 e. The average Bonchev–Trinajstić information content (AvgIpc) is 3.03. The average molecular weight is 438 g/mol. The fraction of sp³-hybridized carbons (Fsp3) is 0.435. The number of rotatable bonds is 5. The van der Waals surface area contributed by atoms with Crippen LogP contribution in [0.1, 0.15) is 56.2 Å². The summed E-state index contributed by atoms with van der Waals surface area (Å²) in [5.41, 5.74) is 1.55. The van der Waals surface area contributed by atoms with Gasteiger partial charge in [0.1, 0.15) is 12.1 Å². The van der Waals surface area contributed by atoms with Crippen LogP contribution >= 0.6 is 0 Å². The van der Waals surface area contributed by atoms with Crippen LogP contribution in [0.4, 0.5) is 5.69 Å². The summed E-state index contributed by atoms with van der Waals surface area (Å²) in [7, 11) is 0. The van der Waals surface area contributed by atoms with Crippen molar-refractivity contribution in [2.75, 3.05) is 5.32 Å². The maximum atomic E-state index is 13.3. The Bertz CT molecular complexity index is 1250. The van der Waals surface area contributed by atoms with Gasteiger partial charge in [-0.2, -0.15) is 4.98 Å². The van der Waals surface area contributed by atoms with E-state index in [2.05, 4.69) is 29.3 Å². The number of amides is 1. The Hall–Kier alpha value is -3.49. The van der Waals surface area contributed by atoms with Crippen LogP contribution in [0.2, 0.25) is 0 Å². The minimum absolute atomic E-state index is 0.150. The van der Waals surface area contributed by atoms with Crippen LogP contribution in [0.5, 0.6) is 0 Å². The molecule has 1 aliphatic rings. The maximum Gasteiger partial charge on any atom is 0.331 e. The molecule has 0 aliphatic carbocycles. The van der Waals surface area contributed by atoms with Crippen LogP contribution in [0.15, 0.2) is 38.4 Å². The van der Waals surface area contributed by atoms with Gasteiger partial charge in [-0.3, -0.25) is 18.7 Å². The van der Waals surface area contributed by atoms with Gasteiger partial charge in [0.15, 0.2) is 0 Å². The van der Waals surface area contributed by atoms with E-state index in [-0.39, 0.29) is 11.4 Å². The predicted molar refractivity (Wildman–Crippen MR) is 120 cm³/mol. The summed E-state index contributed by atoms with van der Waals surface area (Å²) < 4.78 is 7.63. The second-order valence-electron chi connectivity index (χ2n) is 8.42. The van der Waals surface area contributed by atoms with Gasteiger partial charge in [-0.1, -0.05) is 37.6 Å². The largest absolute Gasteiger partial charge is 0.339 e. The van der Waals surface area contributed by atoms with E-state index in [1.165, 1.54) is 0 Å². The molecule has 2 aromatic heterocycles. The Morgan fingerprint density at radius 1 is 1.16 bits per heavy atom. The maximum absolute atomic E-state index is 13.3. The molecule has 0 radical (unpaired) electrons. The number of carbonyl (C=O) groups excluding carboxylic acids is 1. The molecule has 3 heterocycles. The molecule has 0 saturated carbocycles. The number of aryl methyl sites for hydroxylation is 1. The van der Waals surface area contributed by atoms with Crippen LogP contribution in [-0.2, 0) is 24.3 Å². The van der Waals surface area contributed by atoms with E-state index in [1.54, 1.807) is 11.5 Å². The fourth-order valence-corrected chi connectivity index (χ4v) is 4.03. The van der Waals surface area contributed by atoms with Crippen LogP contribution in [-0.4, -0.2) is 25.2 Å². The van der Waals surface area contributed by atoms with Crippen molar-refractivity contribution >= 4 is 11.6 Å². The SMILES string of the molecule is Cc1nc(-c2c3n(c(=O)n(CC(=O)Nc4ccc(C(C)C)cc4)c2=O)CCCCC3)no1. The van der Waals surface area contributed by atoms with Gasteiger partial charge < -0.3 is 9.84 Å². The Labute approximate surface area is 185 Å². The van der Waals surface area contributed by atoms with Crippen molar-refractivity contribution in [1.29, 1.82) is 0 Å². The zero-order chi connectivity index (χ0) is 22.8. The van der Waals surface area contributed by atoms with Crippen LogP contribution in [0.3, 0.4) is 0 Å². The molecule has 1 aliphatic heterocycles. The molecule has 0 unspecified atom stereocenters. The van der Waals surface area contributed by atoms with Gasteiger partial charge in [0, 0.05) is 24.8 Å².